The van der Waals surface area contributed by atoms with Crippen LogP contribution < -0.4 is 0 Å². The summed E-state index contributed by atoms with van der Waals surface area (Å²) in [6, 6.07) is 8.01. The molecule has 0 saturated carbocycles. The van der Waals surface area contributed by atoms with Crippen LogP contribution in [-0.4, -0.2) is 21.1 Å². The second-order valence-corrected chi connectivity index (χ2v) is 3.49. The molecular weight excluding hydrogens is 208 g/mol. The third-order valence-corrected chi connectivity index (χ3v) is 2.32. The van der Waals surface area contributed by atoms with E-state index in [1.165, 1.54) is 16.6 Å². The molecule has 1 heterocycles. The summed E-state index contributed by atoms with van der Waals surface area (Å²) in [4.78, 5) is 0. The van der Waals surface area contributed by atoms with E-state index in [1.54, 1.807) is 6.21 Å². The molecule has 0 aliphatic rings. The van der Waals surface area contributed by atoms with E-state index >= 15 is 0 Å². The number of rotatable bonds is 2. The summed E-state index contributed by atoms with van der Waals surface area (Å²) in [6.45, 7) is 2.04. The molecular formula is C10H10N4S. The quantitative estimate of drug-likeness (QED) is 0.620. The van der Waals surface area contributed by atoms with Crippen LogP contribution in [0.5, 0.6) is 0 Å². The summed E-state index contributed by atoms with van der Waals surface area (Å²) in [7, 11) is 0. The van der Waals surface area contributed by atoms with Gasteiger partial charge in [-0.1, -0.05) is 24.3 Å². The first kappa shape index (κ1) is 9.79. The van der Waals surface area contributed by atoms with Crippen LogP contribution in [-0.2, 0) is 0 Å². The van der Waals surface area contributed by atoms with Crippen LogP contribution in [0, 0.1) is 11.7 Å². The molecule has 5 heteroatoms. The second-order valence-electron chi connectivity index (χ2n) is 3.11. The van der Waals surface area contributed by atoms with Crippen molar-refractivity contribution < 1.29 is 0 Å². The fourth-order valence-corrected chi connectivity index (χ4v) is 1.33. The van der Waals surface area contributed by atoms with Crippen molar-refractivity contribution in [1.29, 1.82) is 0 Å². The number of nitrogens with zero attached hydrogens (tertiary/aromatic N) is 3. The van der Waals surface area contributed by atoms with Crippen molar-refractivity contribution >= 4 is 18.4 Å². The maximum atomic E-state index is 4.96. The molecule has 0 aliphatic heterocycles. The van der Waals surface area contributed by atoms with Crippen molar-refractivity contribution in [2.45, 2.75) is 6.92 Å². The summed E-state index contributed by atoms with van der Waals surface area (Å²) in [5.41, 5.74) is 2.25. The Hall–Kier alpha value is -1.75. The number of aromatic amines is 1. The van der Waals surface area contributed by atoms with E-state index in [-0.39, 0.29) is 0 Å². The molecule has 0 fully saturated rings. The van der Waals surface area contributed by atoms with Crippen molar-refractivity contribution in [2.24, 2.45) is 5.10 Å². The van der Waals surface area contributed by atoms with Crippen LogP contribution in [0.25, 0.3) is 0 Å². The van der Waals surface area contributed by atoms with Gasteiger partial charge in [-0.15, -0.1) is 0 Å². The molecule has 0 bridgehead atoms. The summed E-state index contributed by atoms with van der Waals surface area (Å²) in [5.74, 6) is 0. The van der Waals surface area contributed by atoms with Crippen molar-refractivity contribution in [3.8, 4) is 0 Å². The highest BCUT2D eigenvalue weighted by atomic mass is 32.1. The third kappa shape index (κ3) is 2.19. The number of H-pyrrole nitrogens is 1. The fraction of sp³-hybridized carbons (Fsp3) is 0.100. The lowest BCUT2D eigenvalue weighted by Gasteiger charge is -1.97. The first-order chi connectivity index (χ1) is 7.27. The number of hydrogen-bond acceptors (Lipinski definition) is 3. The number of nitrogens with one attached hydrogen (secondary N) is 1. The van der Waals surface area contributed by atoms with Gasteiger partial charge in [-0.3, -0.25) is 5.10 Å². The number of aromatic nitrogens is 3. The van der Waals surface area contributed by atoms with Gasteiger partial charge in [0.05, 0.1) is 6.21 Å². The van der Waals surface area contributed by atoms with Gasteiger partial charge in [-0.05, 0) is 30.3 Å². The SMILES string of the molecule is Cc1ccccc1/C=N/n1cn[nH]c1=S. The lowest BCUT2D eigenvalue weighted by atomic mass is 10.1. The predicted molar refractivity (Wildman–Crippen MR) is 61.6 cm³/mol. The molecule has 1 aromatic heterocycles. The van der Waals surface area contributed by atoms with E-state index in [0.29, 0.717) is 4.77 Å². The van der Waals surface area contributed by atoms with E-state index in [9.17, 15) is 0 Å². The number of benzene rings is 1. The van der Waals surface area contributed by atoms with Crippen molar-refractivity contribution in [1.82, 2.24) is 14.9 Å². The van der Waals surface area contributed by atoms with Crippen molar-refractivity contribution in [2.75, 3.05) is 0 Å². The third-order valence-electron chi connectivity index (χ3n) is 2.05. The van der Waals surface area contributed by atoms with Crippen LogP contribution in [0.3, 0.4) is 0 Å². The Morgan fingerprint density at radius 1 is 1.47 bits per heavy atom. The minimum atomic E-state index is 0.486. The highest BCUT2D eigenvalue weighted by molar-refractivity contribution is 7.71. The Labute approximate surface area is 92.3 Å². The molecule has 0 spiro atoms. The van der Waals surface area contributed by atoms with Crippen LogP contribution >= 0.6 is 12.2 Å². The number of hydrogen-bond donors (Lipinski definition) is 1. The van der Waals surface area contributed by atoms with Gasteiger partial charge < -0.3 is 0 Å². The van der Waals surface area contributed by atoms with Gasteiger partial charge in [-0.25, -0.2) is 0 Å². The van der Waals surface area contributed by atoms with Gasteiger partial charge in [0.15, 0.2) is 0 Å². The Balaban J connectivity index is 2.30. The average molecular weight is 218 g/mol. The van der Waals surface area contributed by atoms with Gasteiger partial charge in [0.25, 0.3) is 0 Å². The summed E-state index contributed by atoms with van der Waals surface area (Å²) < 4.78 is 2.00. The minimum absolute atomic E-state index is 0.486. The van der Waals surface area contributed by atoms with E-state index in [1.807, 2.05) is 31.2 Å². The molecule has 0 saturated heterocycles. The van der Waals surface area contributed by atoms with Crippen LogP contribution in [0.15, 0.2) is 35.7 Å². The zero-order valence-corrected chi connectivity index (χ0v) is 9.03. The molecule has 1 N–H and O–H groups in total. The Bertz CT molecular complexity index is 538. The Kier molecular flexibility index (Phi) is 2.73. The molecule has 0 unspecified atom stereocenters. The highest BCUT2D eigenvalue weighted by Gasteiger charge is 1.92. The Morgan fingerprint density at radius 3 is 2.93 bits per heavy atom. The number of aryl methyl sites for hydroxylation is 1. The van der Waals surface area contributed by atoms with E-state index < -0.39 is 0 Å². The van der Waals surface area contributed by atoms with Crippen molar-refractivity contribution in [3.63, 3.8) is 0 Å². The van der Waals surface area contributed by atoms with Gasteiger partial charge in [0.1, 0.15) is 6.33 Å². The topological polar surface area (TPSA) is 46.0 Å². The summed E-state index contributed by atoms with van der Waals surface area (Å²) >= 11 is 4.96. The molecule has 2 aromatic rings. The Morgan fingerprint density at radius 2 is 2.27 bits per heavy atom. The molecule has 4 nitrogen and oxygen atoms in total. The molecule has 0 radical (unpaired) electrons. The smallest absolute Gasteiger partial charge is 0.216 e. The van der Waals surface area contributed by atoms with Gasteiger partial charge >= 0.3 is 0 Å². The van der Waals surface area contributed by atoms with Crippen LogP contribution in [0.1, 0.15) is 11.1 Å². The lowest BCUT2D eigenvalue weighted by Crippen LogP contribution is -1.91. The lowest BCUT2D eigenvalue weighted by molar-refractivity contribution is 0.862. The second kappa shape index (κ2) is 4.18. The first-order valence-corrected chi connectivity index (χ1v) is 4.90. The zero-order chi connectivity index (χ0) is 10.7. The highest BCUT2D eigenvalue weighted by Crippen LogP contribution is 2.03. The molecule has 2 rings (SSSR count). The fourth-order valence-electron chi connectivity index (χ4n) is 1.18. The standard InChI is InChI=1S/C10H10N4S/c1-8-4-2-3-5-9(8)6-12-14-7-11-13-10(14)15/h2-7H,1H3,(H,13,15)/b12-6+. The van der Waals surface area contributed by atoms with E-state index in [2.05, 4.69) is 15.3 Å². The normalized spacial score (nSPS) is 11.0. The van der Waals surface area contributed by atoms with Crippen LogP contribution in [0.2, 0.25) is 0 Å². The molecule has 15 heavy (non-hydrogen) atoms. The minimum Gasteiger partial charge on any atom is -0.250 e. The van der Waals surface area contributed by atoms with E-state index in [0.717, 1.165) is 5.56 Å². The maximum absolute atomic E-state index is 4.96. The molecule has 0 atom stereocenters. The molecule has 1 aromatic carbocycles. The maximum Gasteiger partial charge on any atom is 0.216 e. The molecule has 0 aliphatic carbocycles. The molecule has 0 amide bonds. The average Bonchev–Trinajstić information content (AvgIpc) is 2.63. The monoisotopic (exact) mass is 218 g/mol. The largest absolute Gasteiger partial charge is 0.250 e. The van der Waals surface area contributed by atoms with Gasteiger partial charge in [-0.2, -0.15) is 14.9 Å². The molecule has 76 valence electrons. The van der Waals surface area contributed by atoms with Gasteiger partial charge in [0.2, 0.25) is 4.77 Å². The zero-order valence-electron chi connectivity index (χ0n) is 8.21. The van der Waals surface area contributed by atoms with Gasteiger partial charge in [0, 0.05) is 0 Å². The predicted octanol–water partition coefficient (Wildman–Crippen LogP) is 2.13. The summed E-state index contributed by atoms with van der Waals surface area (Å²) in [5, 5.41) is 10.6. The van der Waals surface area contributed by atoms with E-state index in [4.69, 9.17) is 12.2 Å². The summed E-state index contributed by atoms with van der Waals surface area (Å²) in [6.07, 6.45) is 3.30. The van der Waals surface area contributed by atoms with Crippen molar-refractivity contribution in [3.05, 3.63) is 46.5 Å². The first-order valence-electron chi connectivity index (χ1n) is 4.49. The van der Waals surface area contributed by atoms with Crippen LogP contribution in [0.4, 0.5) is 0 Å².